The summed E-state index contributed by atoms with van der Waals surface area (Å²) in [5.41, 5.74) is -0.929. The van der Waals surface area contributed by atoms with Crippen LogP contribution in [0.15, 0.2) is 12.7 Å². The summed E-state index contributed by atoms with van der Waals surface area (Å²) in [6.07, 6.45) is 11.6. The topological polar surface area (TPSA) is 66.8 Å². The lowest BCUT2D eigenvalue weighted by Gasteiger charge is -2.36. The predicted molar refractivity (Wildman–Crippen MR) is 102 cm³/mol. The highest BCUT2D eigenvalue weighted by Gasteiger charge is 2.38. The molecule has 24 heavy (non-hydrogen) atoms. The third-order valence-electron chi connectivity index (χ3n) is 5.03. The third-order valence-corrected chi connectivity index (χ3v) is 5.63. The monoisotopic (exact) mass is 362 g/mol. The fourth-order valence-electron chi connectivity index (χ4n) is 3.46. The first-order chi connectivity index (χ1) is 11.3. The number of hydrogen-bond donors (Lipinski definition) is 2. The summed E-state index contributed by atoms with van der Waals surface area (Å²) in [6.45, 7) is 12.5. The van der Waals surface area contributed by atoms with Crippen molar-refractivity contribution in [2.45, 2.75) is 97.5 Å². The van der Waals surface area contributed by atoms with Gasteiger partial charge < -0.3 is 9.79 Å². The van der Waals surface area contributed by atoms with Crippen LogP contribution in [-0.4, -0.2) is 15.4 Å². The van der Waals surface area contributed by atoms with Gasteiger partial charge in [-0.3, -0.25) is 4.52 Å². The maximum Gasteiger partial charge on any atom is 0.470 e. The summed E-state index contributed by atoms with van der Waals surface area (Å²) in [5.74, 6) is 0.802. The van der Waals surface area contributed by atoms with E-state index in [-0.39, 0.29) is 0 Å². The molecule has 0 heterocycles. The summed E-state index contributed by atoms with van der Waals surface area (Å²) in [7, 11) is -4.56. The molecule has 0 saturated carbocycles. The Morgan fingerprint density at radius 1 is 1.00 bits per heavy atom. The molecule has 2 atom stereocenters. The zero-order valence-electron chi connectivity index (χ0n) is 16.2. The first-order valence-corrected chi connectivity index (χ1v) is 11.2. The van der Waals surface area contributed by atoms with E-state index in [0.717, 1.165) is 51.4 Å². The van der Waals surface area contributed by atoms with Crippen molar-refractivity contribution in [3.05, 3.63) is 12.7 Å². The first-order valence-electron chi connectivity index (χ1n) is 9.65. The van der Waals surface area contributed by atoms with Crippen molar-refractivity contribution in [2.24, 2.45) is 11.8 Å². The zero-order valence-corrected chi connectivity index (χ0v) is 17.1. The first kappa shape index (κ1) is 23.9. The summed E-state index contributed by atoms with van der Waals surface area (Å²) < 4.78 is 16.9. The smallest absolute Gasteiger partial charge is 0.303 e. The highest BCUT2D eigenvalue weighted by atomic mass is 31.2. The minimum atomic E-state index is -4.56. The van der Waals surface area contributed by atoms with Crippen LogP contribution < -0.4 is 0 Å². The van der Waals surface area contributed by atoms with Crippen LogP contribution in [-0.2, 0) is 9.09 Å². The van der Waals surface area contributed by atoms with Gasteiger partial charge in [-0.05, 0) is 24.7 Å². The molecule has 4 nitrogen and oxygen atoms in total. The molecule has 2 unspecified atom stereocenters. The Bertz CT molecular complexity index is 360. The fraction of sp³-hybridized carbons (Fsp3) is 0.895. The van der Waals surface area contributed by atoms with Gasteiger partial charge in [0.1, 0.15) is 0 Å². The van der Waals surface area contributed by atoms with Gasteiger partial charge in [-0.1, -0.05) is 85.1 Å². The lowest BCUT2D eigenvalue weighted by atomic mass is 9.78. The standard InChI is InChI=1S/C19H39O4P/c1-6-11-13-17(8-3)15-19(10-5,23-24(20,21)22)16-18(9-4)14-12-7-2/h10,17-18H,5-9,11-16H2,1-4H3,(H2,20,21,22). The molecule has 5 heteroatoms. The van der Waals surface area contributed by atoms with Gasteiger partial charge in [0.15, 0.2) is 0 Å². The van der Waals surface area contributed by atoms with Crippen molar-refractivity contribution in [3.8, 4) is 0 Å². The van der Waals surface area contributed by atoms with Crippen LogP contribution in [0.3, 0.4) is 0 Å². The maximum atomic E-state index is 11.6. The van der Waals surface area contributed by atoms with E-state index in [1.807, 2.05) is 0 Å². The van der Waals surface area contributed by atoms with Gasteiger partial charge in [0, 0.05) is 0 Å². The van der Waals surface area contributed by atoms with Crippen LogP contribution in [0, 0.1) is 11.8 Å². The molecule has 2 N–H and O–H groups in total. The molecule has 0 aromatic heterocycles. The number of unbranched alkanes of at least 4 members (excludes halogenated alkanes) is 2. The van der Waals surface area contributed by atoms with E-state index >= 15 is 0 Å². The Balaban J connectivity index is 5.29. The highest BCUT2D eigenvalue weighted by molar-refractivity contribution is 7.46. The molecule has 0 aliphatic rings. The number of hydrogen-bond acceptors (Lipinski definition) is 2. The number of phosphoric acid groups is 1. The van der Waals surface area contributed by atoms with E-state index in [1.165, 1.54) is 0 Å². The second-order valence-electron chi connectivity index (χ2n) is 7.09. The van der Waals surface area contributed by atoms with Crippen LogP contribution >= 0.6 is 7.82 Å². The quantitative estimate of drug-likeness (QED) is 0.267. The van der Waals surface area contributed by atoms with Crippen molar-refractivity contribution in [3.63, 3.8) is 0 Å². The molecule has 0 bridgehead atoms. The predicted octanol–water partition coefficient (Wildman–Crippen LogP) is 6.23. The maximum absolute atomic E-state index is 11.6. The largest absolute Gasteiger partial charge is 0.470 e. The van der Waals surface area contributed by atoms with Crippen LogP contribution in [0.2, 0.25) is 0 Å². The molecular weight excluding hydrogens is 323 g/mol. The van der Waals surface area contributed by atoms with Gasteiger partial charge in [0.2, 0.25) is 0 Å². The van der Waals surface area contributed by atoms with Gasteiger partial charge in [-0.15, -0.1) is 6.58 Å². The van der Waals surface area contributed by atoms with E-state index in [4.69, 9.17) is 4.52 Å². The molecule has 0 saturated heterocycles. The van der Waals surface area contributed by atoms with E-state index in [0.29, 0.717) is 24.7 Å². The SMILES string of the molecule is C=CC(CC(CC)CCCC)(CC(CC)CCCC)OP(=O)(O)O. The molecule has 0 aromatic carbocycles. The third kappa shape index (κ3) is 9.98. The van der Waals surface area contributed by atoms with Crippen LogP contribution in [0.25, 0.3) is 0 Å². The van der Waals surface area contributed by atoms with Crippen molar-refractivity contribution in [1.29, 1.82) is 0 Å². The lowest BCUT2D eigenvalue weighted by molar-refractivity contribution is 0.0283. The minimum Gasteiger partial charge on any atom is -0.303 e. The molecule has 0 aliphatic heterocycles. The molecule has 0 spiro atoms. The summed E-state index contributed by atoms with van der Waals surface area (Å²) in [6, 6.07) is 0. The van der Waals surface area contributed by atoms with Gasteiger partial charge >= 0.3 is 7.82 Å². The Labute approximate surface area is 149 Å². The number of phosphoric ester groups is 1. The minimum absolute atomic E-state index is 0.401. The van der Waals surface area contributed by atoms with E-state index in [1.54, 1.807) is 6.08 Å². The van der Waals surface area contributed by atoms with Gasteiger partial charge in [0.05, 0.1) is 5.60 Å². The number of rotatable bonds is 15. The van der Waals surface area contributed by atoms with Crippen molar-refractivity contribution >= 4 is 7.82 Å². The Morgan fingerprint density at radius 2 is 1.42 bits per heavy atom. The summed E-state index contributed by atoms with van der Waals surface area (Å²) >= 11 is 0. The van der Waals surface area contributed by atoms with Gasteiger partial charge in [-0.25, -0.2) is 4.57 Å². The van der Waals surface area contributed by atoms with Gasteiger partial charge in [-0.2, -0.15) is 0 Å². The van der Waals surface area contributed by atoms with Gasteiger partial charge in [0.25, 0.3) is 0 Å². The molecule has 0 aliphatic carbocycles. The van der Waals surface area contributed by atoms with E-state index in [9.17, 15) is 14.4 Å². The summed E-state index contributed by atoms with van der Waals surface area (Å²) in [5, 5.41) is 0. The van der Waals surface area contributed by atoms with Crippen molar-refractivity contribution < 1.29 is 18.9 Å². The van der Waals surface area contributed by atoms with Crippen LogP contribution in [0.5, 0.6) is 0 Å². The molecule has 0 amide bonds. The normalized spacial score (nSPS) is 17.2. The molecule has 0 aromatic rings. The van der Waals surface area contributed by atoms with Crippen LogP contribution in [0.1, 0.15) is 91.9 Å². The Kier molecular flexibility index (Phi) is 12.2. The second-order valence-corrected chi connectivity index (χ2v) is 8.26. The zero-order chi connectivity index (χ0) is 18.6. The van der Waals surface area contributed by atoms with E-state index < -0.39 is 13.4 Å². The summed E-state index contributed by atoms with van der Waals surface area (Å²) in [4.78, 5) is 18.9. The second kappa shape index (κ2) is 12.2. The molecule has 144 valence electrons. The Morgan fingerprint density at radius 3 is 1.67 bits per heavy atom. The van der Waals surface area contributed by atoms with Crippen LogP contribution in [0.4, 0.5) is 0 Å². The Hall–Kier alpha value is -0.150. The molecule has 0 rings (SSSR count). The fourth-order valence-corrected chi connectivity index (χ4v) is 4.16. The molecule has 0 fully saturated rings. The van der Waals surface area contributed by atoms with Crippen molar-refractivity contribution in [1.82, 2.24) is 0 Å². The lowest BCUT2D eigenvalue weighted by Crippen LogP contribution is -2.34. The van der Waals surface area contributed by atoms with E-state index in [2.05, 4.69) is 34.3 Å². The molecule has 0 radical (unpaired) electrons. The molecular formula is C19H39O4P. The average molecular weight is 362 g/mol. The van der Waals surface area contributed by atoms with Crippen molar-refractivity contribution in [2.75, 3.05) is 0 Å². The average Bonchev–Trinajstić information content (AvgIpc) is 2.53. The highest BCUT2D eigenvalue weighted by Crippen LogP contribution is 2.48.